The topological polar surface area (TPSA) is 19.4 Å². The van der Waals surface area contributed by atoms with E-state index in [0.717, 1.165) is 5.82 Å². The highest BCUT2D eigenvalue weighted by atomic mass is 127. The zero-order valence-corrected chi connectivity index (χ0v) is 9.19. The van der Waals surface area contributed by atoms with E-state index >= 15 is 0 Å². The first-order valence-corrected chi connectivity index (χ1v) is 4.81. The summed E-state index contributed by atoms with van der Waals surface area (Å²) in [6.45, 7) is 2.16. The molecule has 3 nitrogen and oxygen atoms in total. The molecule has 0 amide bonds. The summed E-state index contributed by atoms with van der Waals surface area (Å²) in [5.41, 5.74) is 1.21. The highest BCUT2D eigenvalue weighted by Crippen LogP contribution is 2.38. The van der Waals surface area contributed by atoms with E-state index in [9.17, 15) is 0 Å². The van der Waals surface area contributed by atoms with Crippen LogP contribution in [0.15, 0.2) is 18.3 Å². The zero-order valence-electron chi connectivity index (χ0n) is 7.03. The standard InChI is InChI=1S/C8H10IN3/c1-6-11(2)7-4-3-5-10-8(7)12(6)9/h3-6H,1-2H3/t6-/m0/s1. The van der Waals surface area contributed by atoms with Gasteiger partial charge in [-0.05, 0) is 19.1 Å². The fourth-order valence-corrected chi connectivity index (χ4v) is 2.10. The Morgan fingerprint density at radius 1 is 1.58 bits per heavy atom. The van der Waals surface area contributed by atoms with Gasteiger partial charge in [0.05, 0.1) is 28.6 Å². The summed E-state index contributed by atoms with van der Waals surface area (Å²) in [6.07, 6.45) is 2.23. The van der Waals surface area contributed by atoms with Crippen LogP contribution < -0.4 is 8.01 Å². The zero-order chi connectivity index (χ0) is 8.72. The molecule has 1 aromatic heterocycles. The maximum Gasteiger partial charge on any atom is 0.162 e. The summed E-state index contributed by atoms with van der Waals surface area (Å²) in [4.78, 5) is 6.53. The Morgan fingerprint density at radius 2 is 2.33 bits per heavy atom. The van der Waals surface area contributed by atoms with E-state index in [-0.39, 0.29) is 0 Å². The van der Waals surface area contributed by atoms with Crippen LogP contribution in [0.5, 0.6) is 0 Å². The van der Waals surface area contributed by atoms with Crippen LogP contribution in [0.1, 0.15) is 6.92 Å². The quantitative estimate of drug-likeness (QED) is 0.533. The Balaban J connectivity index is 2.52. The predicted molar refractivity (Wildman–Crippen MR) is 58.6 cm³/mol. The van der Waals surface area contributed by atoms with E-state index in [1.807, 2.05) is 12.3 Å². The van der Waals surface area contributed by atoms with Crippen LogP contribution in [0.3, 0.4) is 0 Å². The second kappa shape index (κ2) is 2.76. The molecule has 0 saturated heterocycles. The van der Waals surface area contributed by atoms with Gasteiger partial charge in [0, 0.05) is 13.2 Å². The number of pyridine rings is 1. The van der Waals surface area contributed by atoms with Gasteiger partial charge in [-0.2, -0.15) is 0 Å². The predicted octanol–water partition coefficient (Wildman–Crippen LogP) is 2.03. The molecule has 1 atom stereocenters. The summed E-state index contributed by atoms with van der Waals surface area (Å²) >= 11 is 2.29. The lowest BCUT2D eigenvalue weighted by molar-refractivity contribution is 0.776. The monoisotopic (exact) mass is 275 g/mol. The molecule has 0 aromatic carbocycles. The van der Waals surface area contributed by atoms with Gasteiger partial charge in [-0.3, -0.25) is 3.11 Å². The number of hydrogen-bond donors (Lipinski definition) is 0. The molecule has 0 radical (unpaired) electrons. The number of aromatic nitrogens is 1. The molecule has 0 N–H and O–H groups in total. The van der Waals surface area contributed by atoms with Crippen molar-refractivity contribution in [2.45, 2.75) is 13.1 Å². The van der Waals surface area contributed by atoms with Gasteiger partial charge in [-0.25, -0.2) is 4.98 Å². The third-order valence-electron chi connectivity index (χ3n) is 2.24. The Bertz CT molecular complexity index is 273. The van der Waals surface area contributed by atoms with Crippen molar-refractivity contribution in [1.82, 2.24) is 4.98 Å². The molecule has 0 unspecified atom stereocenters. The van der Waals surface area contributed by atoms with Crippen molar-refractivity contribution in [3.8, 4) is 0 Å². The van der Waals surface area contributed by atoms with Crippen molar-refractivity contribution >= 4 is 34.4 Å². The molecular weight excluding hydrogens is 265 g/mol. The van der Waals surface area contributed by atoms with Crippen LogP contribution in [0, 0.1) is 0 Å². The number of nitrogens with zero attached hydrogens (tertiary/aromatic N) is 3. The smallest absolute Gasteiger partial charge is 0.162 e. The largest absolute Gasteiger partial charge is 0.351 e. The van der Waals surface area contributed by atoms with Crippen molar-refractivity contribution in [1.29, 1.82) is 0 Å². The second-order valence-electron chi connectivity index (χ2n) is 2.90. The van der Waals surface area contributed by atoms with Crippen LogP contribution in [0.2, 0.25) is 0 Å². The van der Waals surface area contributed by atoms with Gasteiger partial charge in [-0.1, -0.05) is 0 Å². The van der Waals surface area contributed by atoms with Crippen LogP contribution in [-0.2, 0) is 0 Å². The van der Waals surface area contributed by atoms with Crippen LogP contribution >= 0.6 is 22.9 Å². The van der Waals surface area contributed by atoms with Gasteiger partial charge >= 0.3 is 0 Å². The summed E-state index contributed by atoms with van der Waals surface area (Å²) in [5, 5.41) is 0. The lowest BCUT2D eigenvalue weighted by Gasteiger charge is -2.20. The van der Waals surface area contributed by atoms with E-state index in [0.29, 0.717) is 6.17 Å². The first-order chi connectivity index (χ1) is 5.72. The van der Waals surface area contributed by atoms with Crippen molar-refractivity contribution in [3.05, 3.63) is 18.3 Å². The third kappa shape index (κ3) is 0.972. The van der Waals surface area contributed by atoms with Gasteiger partial charge in [0.2, 0.25) is 0 Å². The Labute approximate surface area is 85.9 Å². The Hall–Kier alpha value is -0.520. The number of hydrogen-bond acceptors (Lipinski definition) is 3. The minimum atomic E-state index is 0.399. The lowest BCUT2D eigenvalue weighted by Crippen LogP contribution is -2.32. The van der Waals surface area contributed by atoms with Crippen molar-refractivity contribution < 1.29 is 0 Å². The van der Waals surface area contributed by atoms with E-state index in [1.54, 1.807) is 0 Å². The Kier molecular flexibility index (Phi) is 1.86. The summed E-state index contributed by atoms with van der Waals surface area (Å²) in [6, 6.07) is 4.06. The first-order valence-electron chi connectivity index (χ1n) is 3.84. The van der Waals surface area contributed by atoms with Crippen LogP contribution in [-0.4, -0.2) is 18.2 Å². The Morgan fingerprint density at radius 3 is 3.00 bits per heavy atom. The van der Waals surface area contributed by atoms with Crippen molar-refractivity contribution in [2.75, 3.05) is 15.1 Å². The number of fused-ring (bicyclic) bond motifs is 1. The van der Waals surface area contributed by atoms with Gasteiger partial charge in [0.25, 0.3) is 0 Å². The molecule has 1 aliphatic heterocycles. The van der Waals surface area contributed by atoms with E-state index < -0.39 is 0 Å². The molecule has 12 heavy (non-hydrogen) atoms. The SMILES string of the molecule is C[C@H]1N(C)c2cccnc2N1I. The molecule has 2 heterocycles. The van der Waals surface area contributed by atoms with Crippen molar-refractivity contribution in [2.24, 2.45) is 0 Å². The summed E-state index contributed by atoms with van der Waals surface area (Å²) in [7, 11) is 2.09. The normalized spacial score (nSPS) is 21.4. The number of anilines is 2. The van der Waals surface area contributed by atoms with Gasteiger partial charge in [0.1, 0.15) is 6.17 Å². The summed E-state index contributed by atoms with van der Waals surface area (Å²) in [5.74, 6) is 1.06. The fraction of sp³-hybridized carbons (Fsp3) is 0.375. The van der Waals surface area contributed by atoms with Crippen molar-refractivity contribution in [3.63, 3.8) is 0 Å². The average Bonchev–Trinajstić information content (AvgIpc) is 2.33. The molecule has 1 aliphatic rings. The molecule has 0 saturated carbocycles. The van der Waals surface area contributed by atoms with E-state index in [4.69, 9.17) is 0 Å². The minimum absolute atomic E-state index is 0.399. The molecular formula is C8H10IN3. The molecule has 1 aromatic rings. The van der Waals surface area contributed by atoms with E-state index in [1.165, 1.54) is 5.69 Å². The molecule has 0 spiro atoms. The second-order valence-corrected chi connectivity index (χ2v) is 3.94. The van der Waals surface area contributed by atoms with Gasteiger partial charge in [0.15, 0.2) is 5.82 Å². The van der Waals surface area contributed by atoms with Crippen LogP contribution in [0.25, 0.3) is 0 Å². The molecule has 4 heteroatoms. The third-order valence-corrected chi connectivity index (χ3v) is 3.50. The maximum absolute atomic E-state index is 4.32. The first kappa shape index (κ1) is 8.10. The number of halogens is 1. The highest BCUT2D eigenvalue weighted by Gasteiger charge is 2.29. The molecule has 64 valence electrons. The minimum Gasteiger partial charge on any atom is -0.351 e. The molecule has 0 bridgehead atoms. The average molecular weight is 275 g/mol. The summed E-state index contributed by atoms with van der Waals surface area (Å²) < 4.78 is 2.15. The van der Waals surface area contributed by atoms with Gasteiger partial charge < -0.3 is 4.90 Å². The fourth-order valence-electron chi connectivity index (χ4n) is 1.36. The molecule has 0 aliphatic carbocycles. The van der Waals surface area contributed by atoms with Gasteiger partial charge in [-0.15, -0.1) is 0 Å². The van der Waals surface area contributed by atoms with E-state index in [2.05, 4.69) is 55.9 Å². The molecule has 2 rings (SSSR count). The number of rotatable bonds is 0. The molecule has 0 fully saturated rings. The highest BCUT2D eigenvalue weighted by molar-refractivity contribution is 14.1. The maximum atomic E-state index is 4.32. The lowest BCUT2D eigenvalue weighted by atomic mass is 10.4. The van der Waals surface area contributed by atoms with Crippen LogP contribution in [0.4, 0.5) is 11.5 Å².